The van der Waals surface area contributed by atoms with E-state index in [0.29, 0.717) is 31.6 Å². The predicted molar refractivity (Wildman–Crippen MR) is 132 cm³/mol. The predicted octanol–water partition coefficient (Wildman–Crippen LogP) is 4.17. The van der Waals surface area contributed by atoms with Crippen LogP contribution in [0.15, 0.2) is 66.7 Å². The highest BCUT2D eigenvalue weighted by Crippen LogP contribution is 2.40. The van der Waals surface area contributed by atoms with Crippen LogP contribution in [0.3, 0.4) is 0 Å². The molecular weight excluding hydrogens is 444 g/mol. The number of carbonyl (C=O) groups excluding carboxylic acids is 1. The first-order chi connectivity index (χ1) is 16.8. The first-order valence-electron chi connectivity index (χ1n) is 11.8. The van der Waals surface area contributed by atoms with Crippen molar-refractivity contribution in [2.45, 2.75) is 45.4 Å². The molecule has 3 aromatic rings. The van der Waals surface area contributed by atoms with Gasteiger partial charge in [-0.05, 0) is 43.9 Å². The molecule has 0 saturated carbocycles. The fourth-order valence-corrected chi connectivity index (χ4v) is 4.48. The van der Waals surface area contributed by atoms with Crippen molar-refractivity contribution >= 4 is 5.91 Å². The van der Waals surface area contributed by atoms with Gasteiger partial charge in [-0.15, -0.1) is 0 Å². The summed E-state index contributed by atoms with van der Waals surface area (Å²) >= 11 is 0. The number of amides is 1. The molecule has 0 unspecified atom stereocenters. The lowest BCUT2D eigenvalue weighted by atomic mass is 9.65. The number of rotatable bonds is 12. The van der Waals surface area contributed by atoms with Crippen molar-refractivity contribution in [3.05, 3.63) is 95.1 Å². The van der Waals surface area contributed by atoms with Crippen LogP contribution in [0.4, 0.5) is 0 Å². The van der Waals surface area contributed by atoms with Gasteiger partial charge in [0.15, 0.2) is 0 Å². The van der Waals surface area contributed by atoms with Crippen LogP contribution in [0.2, 0.25) is 0 Å². The molecule has 1 heterocycles. The highest BCUT2D eigenvalue weighted by atomic mass is 17.1. The molecule has 0 aliphatic heterocycles. The second-order valence-electron chi connectivity index (χ2n) is 8.84. The second-order valence-corrected chi connectivity index (χ2v) is 8.84. The SMILES string of the molecule is Cc1cc(C)nc(C[C@H](C(=O)NCCCCON(O)O)C(C)(c2ccccc2)c2ccccc2)n1. The maximum Gasteiger partial charge on any atom is 0.224 e. The maximum atomic E-state index is 13.8. The average molecular weight is 479 g/mol. The molecule has 8 heteroatoms. The summed E-state index contributed by atoms with van der Waals surface area (Å²) in [4.78, 5) is 27.6. The largest absolute Gasteiger partial charge is 0.356 e. The quantitative estimate of drug-likeness (QED) is 0.265. The molecule has 1 atom stereocenters. The Morgan fingerprint density at radius 1 is 0.971 bits per heavy atom. The monoisotopic (exact) mass is 478 g/mol. The van der Waals surface area contributed by atoms with Gasteiger partial charge in [0, 0.05) is 29.8 Å². The molecule has 0 radical (unpaired) electrons. The first-order valence-corrected chi connectivity index (χ1v) is 11.8. The third-order valence-corrected chi connectivity index (χ3v) is 6.25. The number of hydrogen-bond acceptors (Lipinski definition) is 7. The average Bonchev–Trinajstić information content (AvgIpc) is 2.84. The van der Waals surface area contributed by atoms with E-state index in [1.165, 1.54) is 0 Å². The molecule has 3 rings (SSSR count). The van der Waals surface area contributed by atoms with E-state index >= 15 is 0 Å². The van der Waals surface area contributed by atoms with Crippen molar-refractivity contribution < 1.29 is 20.0 Å². The fourth-order valence-electron chi connectivity index (χ4n) is 4.48. The van der Waals surface area contributed by atoms with Gasteiger partial charge in [0.2, 0.25) is 5.91 Å². The Kier molecular flexibility index (Phi) is 9.45. The van der Waals surface area contributed by atoms with E-state index < -0.39 is 11.3 Å². The Balaban J connectivity index is 1.94. The Morgan fingerprint density at radius 3 is 2.03 bits per heavy atom. The van der Waals surface area contributed by atoms with Gasteiger partial charge in [-0.1, -0.05) is 67.6 Å². The van der Waals surface area contributed by atoms with Crippen molar-refractivity contribution in [2.75, 3.05) is 13.2 Å². The summed E-state index contributed by atoms with van der Waals surface area (Å²) in [7, 11) is 0. The van der Waals surface area contributed by atoms with Crippen LogP contribution in [0, 0.1) is 19.8 Å². The molecule has 0 spiro atoms. The molecule has 0 aliphatic rings. The van der Waals surface area contributed by atoms with Crippen molar-refractivity contribution in [3.8, 4) is 0 Å². The summed E-state index contributed by atoms with van der Waals surface area (Å²) in [6.45, 7) is 6.54. The van der Waals surface area contributed by atoms with Gasteiger partial charge in [0.25, 0.3) is 0 Å². The number of carbonyl (C=O) groups is 1. The summed E-state index contributed by atoms with van der Waals surface area (Å²) < 4.78 is 0. The lowest BCUT2D eigenvalue weighted by molar-refractivity contribution is -0.492. The zero-order valence-corrected chi connectivity index (χ0v) is 20.5. The highest BCUT2D eigenvalue weighted by molar-refractivity contribution is 5.81. The van der Waals surface area contributed by atoms with Crippen LogP contribution in [0.1, 0.15) is 48.1 Å². The van der Waals surface area contributed by atoms with E-state index in [1.54, 1.807) is 0 Å². The Labute approximate surface area is 206 Å². The molecule has 0 bridgehead atoms. The molecule has 2 aromatic carbocycles. The molecule has 1 aromatic heterocycles. The third-order valence-electron chi connectivity index (χ3n) is 6.25. The van der Waals surface area contributed by atoms with Crippen LogP contribution in [-0.4, -0.2) is 44.8 Å². The van der Waals surface area contributed by atoms with Crippen molar-refractivity contribution in [1.82, 2.24) is 20.7 Å². The number of aromatic nitrogens is 2. The summed E-state index contributed by atoms with van der Waals surface area (Å²) in [6, 6.07) is 22.1. The molecule has 35 heavy (non-hydrogen) atoms. The smallest absolute Gasteiger partial charge is 0.224 e. The molecule has 186 valence electrons. The fraction of sp³-hybridized carbons (Fsp3) is 0.370. The minimum absolute atomic E-state index is 0.0881. The van der Waals surface area contributed by atoms with E-state index in [1.807, 2.05) is 56.3 Å². The Bertz CT molecular complexity index is 1020. The second kappa shape index (κ2) is 12.5. The number of unbranched alkanes of at least 4 members (excludes halogenated alkanes) is 1. The number of nitrogens with zero attached hydrogens (tertiary/aromatic N) is 3. The van der Waals surface area contributed by atoms with Gasteiger partial charge in [-0.25, -0.2) is 9.97 Å². The molecular formula is C27H34N4O4. The molecule has 0 fully saturated rings. The molecule has 1 amide bonds. The molecule has 8 nitrogen and oxygen atoms in total. The van der Waals surface area contributed by atoms with E-state index in [9.17, 15) is 4.79 Å². The van der Waals surface area contributed by atoms with Crippen LogP contribution >= 0.6 is 0 Å². The van der Waals surface area contributed by atoms with Crippen molar-refractivity contribution in [1.29, 1.82) is 0 Å². The van der Waals surface area contributed by atoms with Crippen molar-refractivity contribution in [2.24, 2.45) is 5.92 Å². The van der Waals surface area contributed by atoms with Crippen LogP contribution < -0.4 is 5.32 Å². The lowest BCUT2D eigenvalue weighted by Gasteiger charge is -2.38. The normalized spacial score (nSPS) is 12.5. The van der Waals surface area contributed by atoms with Crippen LogP contribution in [0.25, 0.3) is 0 Å². The standard InChI is InChI=1S/C27H34N4O4/c1-20-18-21(2)30-25(29-20)19-24(26(32)28-16-10-11-17-35-31(33)34)27(3,22-12-6-4-7-13-22)23-14-8-5-9-15-23/h4-9,12-15,18,24,33-34H,10-11,16-17,19H2,1-3H3,(H,28,32)/t24-/m1/s1. The zero-order chi connectivity index (χ0) is 25.3. The van der Waals surface area contributed by atoms with Gasteiger partial charge >= 0.3 is 0 Å². The van der Waals surface area contributed by atoms with E-state index in [0.717, 1.165) is 22.5 Å². The number of nitrogens with one attached hydrogen (secondary N) is 1. The Morgan fingerprint density at radius 2 is 1.51 bits per heavy atom. The summed E-state index contributed by atoms with van der Waals surface area (Å²) in [5, 5.41) is 20.1. The topological polar surface area (TPSA) is 108 Å². The zero-order valence-electron chi connectivity index (χ0n) is 20.5. The van der Waals surface area contributed by atoms with Crippen molar-refractivity contribution in [3.63, 3.8) is 0 Å². The lowest BCUT2D eigenvalue weighted by Crippen LogP contribution is -2.45. The summed E-state index contributed by atoms with van der Waals surface area (Å²) in [5.74, 6) is 0.0741. The molecule has 0 saturated heterocycles. The van der Waals surface area contributed by atoms with Crippen LogP contribution in [0.5, 0.6) is 0 Å². The maximum absolute atomic E-state index is 13.8. The number of hydrogen-bond donors (Lipinski definition) is 3. The highest BCUT2D eigenvalue weighted by Gasteiger charge is 2.42. The van der Waals surface area contributed by atoms with E-state index in [2.05, 4.69) is 51.3 Å². The minimum Gasteiger partial charge on any atom is -0.356 e. The van der Waals surface area contributed by atoms with Gasteiger partial charge in [0.1, 0.15) is 5.82 Å². The van der Waals surface area contributed by atoms with E-state index in [4.69, 9.17) is 10.4 Å². The molecule has 0 aliphatic carbocycles. The number of aryl methyl sites for hydroxylation is 2. The van der Waals surface area contributed by atoms with Gasteiger partial charge in [0.05, 0.1) is 17.9 Å². The Hall–Kier alpha value is -3.17. The summed E-state index contributed by atoms with van der Waals surface area (Å²) in [5.41, 5.74) is 3.18. The van der Waals surface area contributed by atoms with Crippen LogP contribution in [-0.2, 0) is 21.5 Å². The van der Waals surface area contributed by atoms with Gasteiger partial charge < -0.3 is 5.32 Å². The number of benzene rings is 2. The molecule has 3 N–H and O–H groups in total. The third kappa shape index (κ3) is 7.16. The summed E-state index contributed by atoms with van der Waals surface area (Å²) in [6.07, 6.45) is 1.55. The minimum atomic E-state index is -0.634. The van der Waals surface area contributed by atoms with Gasteiger partial charge in [-0.2, -0.15) is 0 Å². The van der Waals surface area contributed by atoms with Gasteiger partial charge in [-0.3, -0.25) is 20.0 Å². The van der Waals surface area contributed by atoms with E-state index in [-0.39, 0.29) is 17.9 Å². The first kappa shape index (κ1) is 26.4.